The van der Waals surface area contributed by atoms with E-state index < -0.39 is 0 Å². The van der Waals surface area contributed by atoms with Gasteiger partial charge in [0, 0.05) is 11.1 Å². The molecule has 0 heterocycles. The second kappa shape index (κ2) is 6.41. The molecule has 1 aliphatic rings. The van der Waals surface area contributed by atoms with Gasteiger partial charge in [-0.3, -0.25) is 0 Å². The second-order valence-electron chi connectivity index (χ2n) is 5.01. The van der Waals surface area contributed by atoms with Crippen molar-refractivity contribution >= 4 is 11.6 Å². The number of halogens is 1. The maximum Gasteiger partial charge on any atom is 0.189 e. The quantitative estimate of drug-likeness (QED) is 0.611. The Bertz CT molecular complexity index is 391. The number of hydrogen-bond acceptors (Lipinski definition) is 3. The van der Waals surface area contributed by atoms with Crippen LogP contribution < -0.4 is 10.5 Å². The van der Waals surface area contributed by atoms with Crippen LogP contribution in [0.15, 0.2) is 18.2 Å². The van der Waals surface area contributed by atoms with Gasteiger partial charge in [-0.25, -0.2) is 0 Å². The minimum atomic E-state index is 0.0817. The SMILES string of the molecule is CC(N)Cc1cc(Cl)ccc1OCOCC1CC1. The van der Waals surface area contributed by atoms with Crippen molar-refractivity contribution in [3.8, 4) is 5.75 Å². The summed E-state index contributed by atoms with van der Waals surface area (Å²) < 4.78 is 11.1. The van der Waals surface area contributed by atoms with E-state index >= 15 is 0 Å². The van der Waals surface area contributed by atoms with Gasteiger partial charge in [-0.2, -0.15) is 0 Å². The summed E-state index contributed by atoms with van der Waals surface area (Å²) in [5.74, 6) is 1.56. The lowest BCUT2D eigenvalue weighted by atomic mass is 10.1. The molecular weight excluding hydrogens is 250 g/mol. The summed E-state index contributed by atoms with van der Waals surface area (Å²) >= 11 is 5.98. The minimum absolute atomic E-state index is 0.0817. The van der Waals surface area contributed by atoms with Crippen LogP contribution in [0.4, 0.5) is 0 Å². The number of benzene rings is 1. The van der Waals surface area contributed by atoms with Crippen LogP contribution in [0.2, 0.25) is 5.02 Å². The Morgan fingerprint density at radius 3 is 2.89 bits per heavy atom. The Morgan fingerprint density at radius 1 is 1.44 bits per heavy atom. The van der Waals surface area contributed by atoms with Crippen LogP contribution in [0.5, 0.6) is 5.75 Å². The summed E-state index contributed by atoms with van der Waals surface area (Å²) in [6.45, 7) is 3.06. The molecule has 3 nitrogen and oxygen atoms in total. The Morgan fingerprint density at radius 2 is 2.22 bits per heavy atom. The zero-order valence-electron chi connectivity index (χ0n) is 10.7. The fourth-order valence-electron chi connectivity index (χ4n) is 1.80. The lowest BCUT2D eigenvalue weighted by Gasteiger charge is -2.13. The molecule has 1 atom stereocenters. The summed E-state index contributed by atoms with van der Waals surface area (Å²) in [4.78, 5) is 0. The lowest BCUT2D eigenvalue weighted by Crippen LogP contribution is -2.18. The van der Waals surface area contributed by atoms with E-state index in [9.17, 15) is 0 Å². The summed E-state index contributed by atoms with van der Waals surface area (Å²) in [7, 11) is 0. The maximum atomic E-state index is 5.98. The van der Waals surface area contributed by atoms with Gasteiger partial charge in [-0.05, 0) is 55.9 Å². The highest BCUT2D eigenvalue weighted by Crippen LogP contribution is 2.29. The smallest absolute Gasteiger partial charge is 0.189 e. The van der Waals surface area contributed by atoms with Gasteiger partial charge in [0.2, 0.25) is 0 Å². The molecule has 4 heteroatoms. The summed E-state index contributed by atoms with van der Waals surface area (Å²) in [5.41, 5.74) is 6.85. The summed E-state index contributed by atoms with van der Waals surface area (Å²) in [5, 5.41) is 0.705. The Kier molecular flexibility index (Phi) is 4.87. The molecule has 18 heavy (non-hydrogen) atoms. The van der Waals surface area contributed by atoms with E-state index in [1.807, 2.05) is 25.1 Å². The third-order valence-corrected chi connectivity index (χ3v) is 3.15. The lowest BCUT2D eigenvalue weighted by molar-refractivity contribution is 0.00944. The highest BCUT2D eigenvalue weighted by atomic mass is 35.5. The van der Waals surface area contributed by atoms with Crippen molar-refractivity contribution < 1.29 is 9.47 Å². The van der Waals surface area contributed by atoms with Gasteiger partial charge in [0.1, 0.15) is 5.75 Å². The molecule has 100 valence electrons. The molecule has 1 saturated carbocycles. The van der Waals surface area contributed by atoms with Crippen LogP contribution in [0.3, 0.4) is 0 Å². The number of ether oxygens (including phenoxy) is 2. The maximum absolute atomic E-state index is 5.98. The van der Waals surface area contributed by atoms with Gasteiger partial charge in [0.25, 0.3) is 0 Å². The van der Waals surface area contributed by atoms with Gasteiger partial charge >= 0.3 is 0 Å². The predicted molar refractivity (Wildman–Crippen MR) is 73.0 cm³/mol. The highest BCUT2D eigenvalue weighted by Gasteiger charge is 2.21. The molecule has 1 aromatic carbocycles. The molecule has 2 rings (SSSR count). The molecule has 0 bridgehead atoms. The first-order valence-corrected chi connectivity index (χ1v) is 6.77. The average Bonchev–Trinajstić information content (AvgIpc) is 3.10. The largest absolute Gasteiger partial charge is 0.467 e. The molecule has 0 aromatic heterocycles. The monoisotopic (exact) mass is 269 g/mol. The summed E-state index contributed by atoms with van der Waals surface area (Å²) in [6, 6.07) is 5.68. The van der Waals surface area contributed by atoms with Crippen LogP contribution in [-0.2, 0) is 11.2 Å². The first-order chi connectivity index (χ1) is 8.65. The van der Waals surface area contributed by atoms with Crippen LogP contribution >= 0.6 is 11.6 Å². The number of hydrogen-bond donors (Lipinski definition) is 1. The van der Waals surface area contributed by atoms with Gasteiger partial charge in [-0.1, -0.05) is 11.6 Å². The van der Waals surface area contributed by atoms with Crippen molar-refractivity contribution in [2.24, 2.45) is 11.7 Å². The molecule has 2 N–H and O–H groups in total. The van der Waals surface area contributed by atoms with Crippen molar-refractivity contribution in [2.45, 2.75) is 32.2 Å². The Hall–Kier alpha value is -0.770. The van der Waals surface area contributed by atoms with Gasteiger partial charge < -0.3 is 15.2 Å². The summed E-state index contributed by atoms with van der Waals surface area (Å²) in [6.07, 6.45) is 3.33. The van der Waals surface area contributed by atoms with Crippen LogP contribution in [-0.4, -0.2) is 19.4 Å². The molecule has 1 unspecified atom stereocenters. The molecule has 0 radical (unpaired) electrons. The van der Waals surface area contributed by atoms with E-state index in [0.29, 0.717) is 11.8 Å². The van der Waals surface area contributed by atoms with Crippen molar-refractivity contribution in [1.82, 2.24) is 0 Å². The van der Waals surface area contributed by atoms with E-state index in [-0.39, 0.29) is 6.04 Å². The van der Waals surface area contributed by atoms with E-state index in [1.165, 1.54) is 12.8 Å². The molecule has 0 spiro atoms. The third kappa shape index (κ3) is 4.48. The minimum Gasteiger partial charge on any atom is -0.467 e. The average molecular weight is 270 g/mol. The molecule has 1 aliphatic carbocycles. The van der Waals surface area contributed by atoms with Crippen LogP contribution in [0, 0.1) is 5.92 Å². The van der Waals surface area contributed by atoms with Crippen molar-refractivity contribution in [3.05, 3.63) is 28.8 Å². The molecule has 0 amide bonds. The van der Waals surface area contributed by atoms with Crippen molar-refractivity contribution in [2.75, 3.05) is 13.4 Å². The van der Waals surface area contributed by atoms with Crippen LogP contribution in [0.25, 0.3) is 0 Å². The molecule has 1 aromatic rings. The highest BCUT2D eigenvalue weighted by molar-refractivity contribution is 6.30. The van der Waals surface area contributed by atoms with E-state index in [0.717, 1.165) is 30.3 Å². The fraction of sp³-hybridized carbons (Fsp3) is 0.571. The van der Waals surface area contributed by atoms with Crippen LogP contribution in [0.1, 0.15) is 25.3 Å². The topological polar surface area (TPSA) is 44.5 Å². The van der Waals surface area contributed by atoms with E-state index in [2.05, 4.69) is 0 Å². The van der Waals surface area contributed by atoms with Crippen molar-refractivity contribution in [1.29, 1.82) is 0 Å². The van der Waals surface area contributed by atoms with Crippen molar-refractivity contribution in [3.63, 3.8) is 0 Å². The zero-order valence-corrected chi connectivity index (χ0v) is 11.5. The van der Waals surface area contributed by atoms with E-state index in [4.69, 9.17) is 26.8 Å². The Balaban J connectivity index is 1.87. The molecule has 1 fully saturated rings. The first-order valence-electron chi connectivity index (χ1n) is 6.39. The second-order valence-corrected chi connectivity index (χ2v) is 5.45. The Labute approximate surface area is 113 Å². The first kappa shape index (κ1) is 13.7. The normalized spacial score (nSPS) is 16.6. The van der Waals surface area contributed by atoms with E-state index in [1.54, 1.807) is 0 Å². The number of nitrogens with two attached hydrogens (primary N) is 1. The zero-order chi connectivity index (χ0) is 13.0. The third-order valence-electron chi connectivity index (χ3n) is 2.91. The number of rotatable bonds is 7. The molecular formula is C14H20ClNO2. The van der Waals surface area contributed by atoms with Gasteiger partial charge in [0.15, 0.2) is 6.79 Å². The predicted octanol–water partition coefficient (Wildman–Crippen LogP) is 2.99. The van der Waals surface area contributed by atoms with Gasteiger partial charge in [-0.15, -0.1) is 0 Å². The fourth-order valence-corrected chi connectivity index (χ4v) is 1.99. The molecule has 0 saturated heterocycles. The van der Waals surface area contributed by atoms with Gasteiger partial charge in [0.05, 0.1) is 6.61 Å². The standard InChI is InChI=1S/C14H20ClNO2/c1-10(16)6-12-7-13(15)4-5-14(12)18-9-17-8-11-2-3-11/h4-5,7,10-11H,2-3,6,8-9,16H2,1H3. The molecule has 0 aliphatic heterocycles.